The molecule has 0 aliphatic heterocycles. The lowest BCUT2D eigenvalue weighted by molar-refractivity contribution is 0.0911. The standard InChI is InChI=1S/C27H25N3O3/c1-17(31)18-12-14-19(15-13-18)20-8-7-9-21(16-20)30-23-11-6-5-10-22(23)25(32)24(29-30)26(33)28-27(2,3)4/h5-16H,1-4H3,(H,28,33). The van der Waals surface area contributed by atoms with E-state index in [2.05, 4.69) is 10.4 Å². The van der Waals surface area contributed by atoms with Gasteiger partial charge in [-0.25, -0.2) is 4.68 Å². The predicted octanol–water partition coefficient (Wildman–Crippen LogP) is 4.78. The summed E-state index contributed by atoms with van der Waals surface area (Å²) in [4.78, 5) is 37.5. The number of aromatic nitrogens is 2. The number of Topliss-reactive ketones (excluding diaryl/α,β-unsaturated/α-hetero) is 1. The van der Waals surface area contributed by atoms with Gasteiger partial charge in [0.05, 0.1) is 16.6 Å². The molecule has 0 spiro atoms. The first kappa shape index (κ1) is 22.1. The lowest BCUT2D eigenvalue weighted by atomic mass is 10.0. The van der Waals surface area contributed by atoms with Gasteiger partial charge in [0, 0.05) is 11.1 Å². The molecule has 1 amide bonds. The minimum Gasteiger partial charge on any atom is -0.346 e. The summed E-state index contributed by atoms with van der Waals surface area (Å²) in [6.07, 6.45) is 0. The molecule has 1 heterocycles. The number of para-hydroxylation sites is 1. The minimum absolute atomic E-state index is 0.0142. The van der Waals surface area contributed by atoms with Crippen LogP contribution in [0.2, 0.25) is 0 Å². The molecule has 4 aromatic rings. The van der Waals surface area contributed by atoms with E-state index in [9.17, 15) is 14.4 Å². The van der Waals surface area contributed by atoms with Gasteiger partial charge in [-0.1, -0.05) is 48.5 Å². The molecule has 4 rings (SSSR count). The second kappa shape index (κ2) is 8.47. The Morgan fingerprint density at radius 1 is 0.879 bits per heavy atom. The Kier molecular flexibility index (Phi) is 5.68. The van der Waals surface area contributed by atoms with Crippen LogP contribution in [0.5, 0.6) is 0 Å². The normalized spacial score (nSPS) is 11.4. The molecule has 0 bridgehead atoms. The Balaban J connectivity index is 1.87. The minimum atomic E-state index is -0.511. The van der Waals surface area contributed by atoms with Crippen molar-refractivity contribution >= 4 is 22.6 Å². The SMILES string of the molecule is CC(=O)c1ccc(-c2cccc(-n3nc(C(=O)NC(C)(C)C)c(=O)c4ccccc43)c2)cc1. The summed E-state index contributed by atoms with van der Waals surface area (Å²) in [7, 11) is 0. The maximum absolute atomic E-state index is 13.1. The summed E-state index contributed by atoms with van der Waals surface area (Å²) in [5, 5.41) is 7.72. The van der Waals surface area contributed by atoms with Gasteiger partial charge >= 0.3 is 0 Å². The van der Waals surface area contributed by atoms with E-state index in [0.717, 1.165) is 11.1 Å². The Labute approximate surface area is 191 Å². The van der Waals surface area contributed by atoms with Crippen molar-refractivity contribution < 1.29 is 9.59 Å². The topological polar surface area (TPSA) is 81.1 Å². The van der Waals surface area contributed by atoms with Crippen molar-refractivity contribution in [3.05, 3.63) is 94.3 Å². The Hall–Kier alpha value is -4.06. The number of nitrogens with zero attached hydrogens (tertiary/aromatic N) is 2. The molecule has 0 radical (unpaired) electrons. The molecule has 6 heteroatoms. The van der Waals surface area contributed by atoms with Gasteiger partial charge in [0.2, 0.25) is 5.43 Å². The third-order valence-corrected chi connectivity index (χ3v) is 5.21. The highest BCUT2D eigenvalue weighted by atomic mass is 16.2. The second-order valence-corrected chi connectivity index (χ2v) is 8.99. The molecule has 0 aliphatic rings. The van der Waals surface area contributed by atoms with Crippen LogP contribution in [0.1, 0.15) is 48.5 Å². The fraction of sp³-hybridized carbons (Fsp3) is 0.185. The molecular formula is C27H25N3O3. The lowest BCUT2D eigenvalue weighted by Gasteiger charge is -2.20. The molecule has 0 saturated heterocycles. The van der Waals surface area contributed by atoms with Crippen LogP contribution in [0.15, 0.2) is 77.6 Å². The Morgan fingerprint density at radius 3 is 2.24 bits per heavy atom. The first-order valence-electron chi connectivity index (χ1n) is 10.7. The molecule has 0 fully saturated rings. The fourth-order valence-corrected chi connectivity index (χ4v) is 3.64. The molecule has 33 heavy (non-hydrogen) atoms. The van der Waals surface area contributed by atoms with Gasteiger partial charge in [0.25, 0.3) is 5.91 Å². The van der Waals surface area contributed by atoms with Gasteiger partial charge in [-0.05, 0) is 63.1 Å². The van der Waals surface area contributed by atoms with Crippen molar-refractivity contribution in [1.29, 1.82) is 0 Å². The van der Waals surface area contributed by atoms with Crippen LogP contribution in [0, 0.1) is 0 Å². The summed E-state index contributed by atoms with van der Waals surface area (Å²) >= 11 is 0. The molecule has 0 atom stereocenters. The maximum atomic E-state index is 13.1. The third kappa shape index (κ3) is 4.60. The van der Waals surface area contributed by atoms with Crippen molar-refractivity contribution in [3.8, 4) is 16.8 Å². The van der Waals surface area contributed by atoms with Crippen molar-refractivity contribution in [2.45, 2.75) is 33.2 Å². The van der Waals surface area contributed by atoms with Gasteiger partial charge in [-0.3, -0.25) is 14.4 Å². The number of carbonyl (C=O) groups excluding carboxylic acids is 2. The number of ketones is 1. The number of carbonyl (C=O) groups is 2. The van der Waals surface area contributed by atoms with Gasteiger partial charge in [-0.2, -0.15) is 5.10 Å². The van der Waals surface area contributed by atoms with Crippen LogP contribution in [0.3, 0.4) is 0 Å². The monoisotopic (exact) mass is 439 g/mol. The van der Waals surface area contributed by atoms with Crippen LogP contribution >= 0.6 is 0 Å². The summed E-state index contributed by atoms with van der Waals surface area (Å²) in [5.74, 6) is -0.497. The largest absolute Gasteiger partial charge is 0.346 e. The summed E-state index contributed by atoms with van der Waals surface area (Å²) in [6, 6.07) is 22.2. The maximum Gasteiger partial charge on any atom is 0.276 e. The molecule has 0 aliphatic carbocycles. The number of amides is 1. The van der Waals surface area contributed by atoms with Crippen molar-refractivity contribution in [3.63, 3.8) is 0 Å². The summed E-state index contributed by atoms with van der Waals surface area (Å²) < 4.78 is 1.63. The zero-order chi connectivity index (χ0) is 23.8. The highest BCUT2D eigenvalue weighted by molar-refractivity contribution is 5.96. The van der Waals surface area contributed by atoms with Gasteiger partial charge in [0.1, 0.15) is 0 Å². The van der Waals surface area contributed by atoms with Crippen LogP contribution in [-0.4, -0.2) is 27.0 Å². The average molecular weight is 440 g/mol. The van der Waals surface area contributed by atoms with Crippen LogP contribution < -0.4 is 10.7 Å². The Bertz CT molecular complexity index is 1430. The Morgan fingerprint density at radius 2 is 1.58 bits per heavy atom. The van der Waals surface area contributed by atoms with E-state index in [1.165, 1.54) is 6.92 Å². The average Bonchev–Trinajstić information content (AvgIpc) is 2.78. The van der Waals surface area contributed by atoms with E-state index in [4.69, 9.17) is 0 Å². The van der Waals surface area contributed by atoms with Gasteiger partial charge < -0.3 is 5.32 Å². The van der Waals surface area contributed by atoms with Gasteiger partial charge in [0.15, 0.2) is 11.5 Å². The summed E-state index contributed by atoms with van der Waals surface area (Å²) in [6.45, 7) is 7.10. The predicted molar refractivity (Wildman–Crippen MR) is 130 cm³/mol. The van der Waals surface area contributed by atoms with Crippen molar-refractivity contribution in [1.82, 2.24) is 15.1 Å². The first-order chi connectivity index (χ1) is 15.6. The van der Waals surface area contributed by atoms with Crippen molar-refractivity contribution in [2.75, 3.05) is 0 Å². The lowest BCUT2D eigenvalue weighted by Crippen LogP contribution is -2.43. The van der Waals surface area contributed by atoms with Crippen LogP contribution in [-0.2, 0) is 0 Å². The van der Waals surface area contributed by atoms with E-state index < -0.39 is 16.9 Å². The molecular weight excluding hydrogens is 414 g/mol. The first-order valence-corrected chi connectivity index (χ1v) is 10.7. The summed E-state index contributed by atoms with van der Waals surface area (Å²) in [5.41, 5.74) is 2.78. The van der Waals surface area contributed by atoms with E-state index in [0.29, 0.717) is 22.2 Å². The number of hydrogen-bond acceptors (Lipinski definition) is 4. The van der Waals surface area contributed by atoms with E-state index in [1.54, 1.807) is 28.9 Å². The number of rotatable bonds is 4. The zero-order valence-electron chi connectivity index (χ0n) is 19.0. The second-order valence-electron chi connectivity index (χ2n) is 8.99. The smallest absolute Gasteiger partial charge is 0.276 e. The molecule has 3 aromatic carbocycles. The van der Waals surface area contributed by atoms with Gasteiger partial charge in [-0.15, -0.1) is 0 Å². The molecule has 6 nitrogen and oxygen atoms in total. The molecule has 1 N–H and O–H groups in total. The number of hydrogen-bond donors (Lipinski definition) is 1. The molecule has 0 unspecified atom stereocenters. The van der Waals surface area contributed by atoms with Crippen molar-refractivity contribution in [2.24, 2.45) is 0 Å². The molecule has 1 aromatic heterocycles. The molecule has 166 valence electrons. The highest BCUT2D eigenvalue weighted by Crippen LogP contribution is 2.24. The fourth-order valence-electron chi connectivity index (χ4n) is 3.64. The van der Waals surface area contributed by atoms with Crippen LogP contribution in [0.4, 0.5) is 0 Å². The number of benzene rings is 3. The number of fused-ring (bicyclic) bond motifs is 1. The van der Waals surface area contributed by atoms with E-state index >= 15 is 0 Å². The quantitative estimate of drug-likeness (QED) is 0.464. The number of nitrogens with one attached hydrogen (secondary N) is 1. The van der Waals surface area contributed by atoms with E-state index in [1.807, 2.05) is 69.3 Å². The highest BCUT2D eigenvalue weighted by Gasteiger charge is 2.22. The molecule has 0 saturated carbocycles. The van der Waals surface area contributed by atoms with E-state index in [-0.39, 0.29) is 11.5 Å². The zero-order valence-corrected chi connectivity index (χ0v) is 19.0. The third-order valence-electron chi connectivity index (χ3n) is 5.21. The van der Waals surface area contributed by atoms with Crippen LogP contribution in [0.25, 0.3) is 27.7 Å².